The lowest BCUT2D eigenvalue weighted by Crippen LogP contribution is -2.03. The van der Waals surface area contributed by atoms with E-state index in [9.17, 15) is 4.79 Å². The highest BCUT2D eigenvalue weighted by Crippen LogP contribution is 2.30. The van der Waals surface area contributed by atoms with Crippen molar-refractivity contribution in [3.63, 3.8) is 0 Å². The average molecular weight is 222 g/mol. The van der Waals surface area contributed by atoms with E-state index in [2.05, 4.69) is 10.3 Å². The van der Waals surface area contributed by atoms with Gasteiger partial charge in [-0.25, -0.2) is 0 Å². The van der Waals surface area contributed by atoms with Crippen molar-refractivity contribution in [3.05, 3.63) is 59.9 Å². The number of benzene rings is 1. The molecule has 2 aromatic rings. The van der Waals surface area contributed by atoms with Crippen LogP contribution in [0.1, 0.15) is 11.3 Å². The van der Waals surface area contributed by atoms with Gasteiger partial charge >= 0.3 is 0 Å². The number of aromatic nitrogens is 1. The molecule has 3 nitrogen and oxygen atoms in total. The van der Waals surface area contributed by atoms with Crippen LogP contribution in [0.15, 0.2) is 48.7 Å². The Bertz CT molecular complexity index is 603. The third-order valence-corrected chi connectivity index (χ3v) is 2.67. The quantitative estimate of drug-likeness (QED) is 0.753. The van der Waals surface area contributed by atoms with Gasteiger partial charge < -0.3 is 5.32 Å². The molecule has 17 heavy (non-hydrogen) atoms. The molecule has 0 atom stereocenters. The molecule has 2 heterocycles. The van der Waals surface area contributed by atoms with E-state index in [0.29, 0.717) is 5.57 Å². The van der Waals surface area contributed by atoms with Crippen molar-refractivity contribution in [2.24, 2.45) is 0 Å². The maximum absolute atomic E-state index is 11.8. The smallest absolute Gasteiger partial charge is 0.258 e. The Kier molecular flexibility index (Phi) is 2.22. The van der Waals surface area contributed by atoms with Crippen LogP contribution in [0.4, 0.5) is 5.69 Å². The van der Waals surface area contributed by atoms with Gasteiger partial charge in [0.1, 0.15) is 0 Å². The normalized spacial score (nSPS) is 15.8. The van der Waals surface area contributed by atoms with Crippen molar-refractivity contribution in [1.29, 1.82) is 0 Å². The number of fused-ring (bicyclic) bond motifs is 1. The maximum Gasteiger partial charge on any atom is 0.258 e. The van der Waals surface area contributed by atoms with Gasteiger partial charge in [-0.3, -0.25) is 9.78 Å². The second-order valence-electron chi connectivity index (χ2n) is 3.82. The number of pyridine rings is 1. The first kappa shape index (κ1) is 9.78. The van der Waals surface area contributed by atoms with Crippen LogP contribution in [-0.2, 0) is 4.79 Å². The van der Waals surface area contributed by atoms with Crippen LogP contribution >= 0.6 is 0 Å². The molecule has 0 fully saturated rings. The number of hydrogen-bond donors (Lipinski definition) is 1. The van der Waals surface area contributed by atoms with Crippen LogP contribution in [0.25, 0.3) is 11.6 Å². The van der Waals surface area contributed by atoms with Gasteiger partial charge in [0.15, 0.2) is 0 Å². The Morgan fingerprint density at radius 3 is 2.71 bits per heavy atom. The predicted octanol–water partition coefficient (Wildman–Crippen LogP) is 2.57. The van der Waals surface area contributed by atoms with Crippen molar-refractivity contribution in [2.75, 3.05) is 5.32 Å². The highest BCUT2D eigenvalue weighted by atomic mass is 16.2. The SMILES string of the molecule is O=C1Nc2cccnc2/C1=C/c1ccccc1. The molecule has 3 heteroatoms. The van der Waals surface area contributed by atoms with E-state index >= 15 is 0 Å². The van der Waals surface area contributed by atoms with Gasteiger partial charge in [0.05, 0.1) is 17.0 Å². The molecule has 1 aromatic heterocycles. The number of carbonyl (C=O) groups is 1. The summed E-state index contributed by atoms with van der Waals surface area (Å²) in [5.41, 5.74) is 3.11. The molecule has 1 N–H and O–H groups in total. The van der Waals surface area contributed by atoms with Crippen LogP contribution in [0.2, 0.25) is 0 Å². The number of hydrogen-bond acceptors (Lipinski definition) is 2. The highest BCUT2D eigenvalue weighted by Gasteiger charge is 2.24. The number of nitrogens with zero attached hydrogens (tertiary/aromatic N) is 1. The summed E-state index contributed by atoms with van der Waals surface area (Å²) in [6.07, 6.45) is 3.55. The Morgan fingerprint density at radius 1 is 1.06 bits per heavy atom. The van der Waals surface area contributed by atoms with Gasteiger partial charge in [-0.1, -0.05) is 30.3 Å². The molecule has 1 aromatic carbocycles. The van der Waals surface area contributed by atoms with Gasteiger partial charge in [0, 0.05) is 6.20 Å². The van der Waals surface area contributed by atoms with Gasteiger partial charge in [-0.2, -0.15) is 0 Å². The summed E-state index contributed by atoms with van der Waals surface area (Å²) in [5, 5.41) is 2.80. The molecule has 82 valence electrons. The first-order chi connectivity index (χ1) is 8.34. The number of carbonyl (C=O) groups excluding carboxylic acids is 1. The molecule has 0 radical (unpaired) electrons. The molecule has 0 saturated heterocycles. The minimum atomic E-state index is -0.0949. The highest BCUT2D eigenvalue weighted by molar-refractivity contribution is 6.34. The number of nitrogens with one attached hydrogen (secondary N) is 1. The molecule has 3 rings (SSSR count). The minimum absolute atomic E-state index is 0.0949. The van der Waals surface area contributed by atoms with E-state index in [4.69, 9.17) is 0 Å². The van der Waals surface area contributed by atoms with Crippen LogP contribution in [-0.4, -0.2) is 10.9 Å². The third-order valence-electron chi connectivity index (χ3n) is 2.67. The monoisotopic (exact) mass is 222 g/mol. The van der Waals surface area contributed by atoms with Crippen molar-refractivity contribution in [3.8, 4) is 0 Å². The fourth-order valence-corrected chi connectivity index (χ4v) is 1.87. The Balaban J connectivity index is 2.10. The van der Waals surface area contributed by atoms with Gasteiger partial charge in [0.25, 0.3) is 5.91 Å². The minimum Gasteiger partial charge on any atom is -0.320 e. The fraction of sp³-hybridized carbons (Fsp3) is 0. The van der Waals surface area contributed by atoms with Crippen molar-refractivity contribution in [1.82, 2.24) is 4.98 Å². The first-order valence-electron chi connectivity index (χ1n) is 5.38. The molecule has 0 aliphatic carbocycles. The molecule has 1 amide bonds. The van der Waals surface area contributed by atoms with Crippen molar-refractivity contribution < 1.29 is 4.79 Å². The Hall–Kier alpha value is -2.42. The summed E-state index contributed by atoms with van der Waals surface area (Å²) in [6, 6.07) is 13.4. The van der Waals surface area contributed by atoms with Crippen LogP contribution < -0.4 is 5.32 Å². The topological polar surface area (TPSA) is 42.0 Å². The fourth-order valence-electron chi connectivity index (χ4n) is 1.87. The second kappa shape index (κ2) is 3.87. The summed E-state index contributed by atoms with van der Waals surface area (Å²) < 4.78 is 0. The molecule has 0 unspecified atom stereocenters. The molecule has 1 aliphatic heterocycles. The van der Waals surface area contributed by atoms with Crippen molar-refractivity contribution >= 4 is 23.2 Å². The van der Waals surface area contributed by atoms with E-state index in [1.807, 2.05) is 48.5 Å². The Labute approximate surface area is 98.8 Å². The zero-order chi connectivity index (χ0) is 11.7. The van der Waals surface area contributed by atoms with E-state index in [0.717, 1.165) is 16.9 Å². The van der Waals surface area contributed by atoms with E-state index in [1.54, 1.807) is 6.20 Å². The number of rotatable bonds is 1. The number of amides is 1. The zero-order valence-electron chi connectivity index (χ0n) is 9.05. The molecular weight excluding hydrogens is 212 g/mol. The van der Waals surface area contributed by atoms with Crippen LogP contribution in [0, 0.1) is 0 Å². The lowest BCUT2D eigenvalue weighted by molar-refractivity contribution is -0.110. The number of anilines is 1. The summed E-state index contributed by atoms with van der Waals surface area (Å²) in [5.74, 6) is -0.0949. The molecule has 0 saturated carbocycles. The summed E-state index contributed by atoms with van der Waals surface area (Å²) in [7, 11) is 0. The molecular formula is C14H10N2O. The molecule has 1 aliphatic rings. The van der Waals surface area contributed by atoms with Gasteiger partial charge in [0.2, 0.25) is 0 Å². The molecule has 0 spiro atoms. The summed E-state index contributed by atoms with van der Waals surface area (Å²) >= 11 is 0. The lowest BCUT2D eigenvalue weighted by atomic mass is 10.1. The zero-order valence-corrected chi connectivity index (χ0v) is 9.05. The molecule has 0 bridgehead atoms. The average Bonchev–Trinajstić information content (AvgIpc) is 2.68. The largest absolute Gasteiger partial charge is 0.320 e. The lowest BCUT2D eigenvalue weighted by Gasteiger charge is -1.96. The van der Waals surface area contributed by atoms with Crippen LogP contribution in [0.3, 0.4) is 0 Å². The van der Waals surface area contributed by atoms with E-state index in [-0.39, 0.29) is 5.91 Å². The standard InChI is InChI=1S/C14H10N2O/c17-14-11(9-10-5-2-1-3-6-10)13-12(16-14)7-4-8-15-13/h1-9H,(H,16,17)/b11-9-. The summed E-state index contributed by atoms with van der Waals surface area (Å²) in [6.45, 7) is 0. The second-order valence-corrected chi connectivity index (χ2v) is 3.82. The van der Waals surface area contributed by atoms with Crippen LogP contribution in [0.5, 0.6) is 0 Å². The van der Waals surface area contributed by atoms with Crippen molar-refractivity contribution in [2.45, 2.75) is 0 Å². The third kappa shape index (κ3) is 1.72. The van der Waals surface area contributed by atoms with E-state index in [1.165, 1.54) is 0 Å². The Morgan fingerprint density at radius 2 is 1.88 bits per heavy atom. The predicted molar refractivity (Wildman–Crippen MR) is 67.2 cm³/mol. The van der Waals surface area contributed by atoms with Gasteiger partial charge in [-0.05, 0) is 23.8 Å². The first-order valence-corrected chi connectivity index (χ1v) is 5.38. The summed E-state index contributed by atoms with van der Waals surface area (Å²) in [4.78, 5) is 16.1. The maximum atomic E-state index is 11.8. The van der Waals surface area contributed by atoms with E-state index < -0.39 is 0 Å². The van der Waals surface area contributed by atoms with Gasteiger partial charge in [-0.15, -0.1) is 0 Å².